The molecule has 0 unspecified atom stereocenters. The van der Waals surface area contributed by atoms with Crippen LogP contribution in [0.4, 0.5) is 0 Å². The molecule has 0 bridgehead atoms. The summed E-state index contributed by atoms with van der Waals surface area (Å²) in [7, 11) is 1.78. The highest BCUT2D eigenvalue weighted by molar-refractivity contribution is 5.79. The SMILES string of the molecule is C=CCNC(=NCC1(CCOC)CCCC1)NCC. The molecule has 0 spiro atoms. The standard InChI is InChI=1S/C15H29N3O/c1-4-11-17-14(16-5-2)18-13-15(10-12-19-3)8-6-7-9-15/h4H,1,5-13H2,2-3H3,(H2,16,17,18). The van der Waals surface area contributed by atoms with Gasteiger partial charge in [-0.2, -0.15) is 0 Å². The topological polar surface area (TPSA) is 45.7 Å². The lowest BCUT2D eigenvalue weighted by molar-refractivity contribution is 0.141. The third kappa shape index (κ3) is 5.64. The van der Waals surface area contributed by atoms with Gasteiger partial charge in [-0.25, -0.2) is 0 Å². The Morgan fingerprint density at radius 3 is 2.68 bits per heavy atom. The van der Waals surface area contributed by atoms with Gasteiger partial charge in [-0.05, 0) is 31.6 Å². The Morgan fingerprint density at radius 1 is 1.37 bits per heavy atom. The maximum Gasteiger partial charge on any atom is 0.191 e. The zero-order valence-electron chi connectivity index (χ0n) is 12.5. The fourth-order valence-corrected chi connectivity index (χ4v) is 2.69. The van der Waals surface area contributed by atoms with Gasteiger partial charge in [0.05, 0.1) is 0 Å². The second-order valence-electron chi connectivity index (χ2n) is 5.31. The van der Waals surface area contributed by atoms with Crippen molar-refractivity contribution in [3.05, 3.63) is 12.7 Å². The first-order chi connectivity index (χ1) is 9.26. The van der Waals surface area contributed by atoms with Crippen LogP contribution >= 0.6 is 0 Å². The molecule has 2 N–H and O–H groups in total. The molecule has 0 aromatic heterocycles. The maximum atomic E-state index is 5.26. The van der Waals surface area contributed by atoms with Crippen molar-refractivity contribution >= 4 is 5.96 Å². The van der Waals surface area contributed by atoms with E-state index in [1.165, 1.54) is 25.7 Å². The van der Waals surface area contributed by atoms with E-state index < -0.39 is 0 Å². The van der Waals surface area contributed by atoms with Gasteiger partial charge in [-0.15, -0.1) is 6.58 Å². The lowest BCUT2D eigenvalue weighted by Gasteiger charge is -2.27. The van der Waals surface area contributed by atoms with Crippen LogP contribution in [0.15, 0.2) is 17.6 Å². The van der Waals surface area contributed by atoms with Crippen LogP contribution in [0, 0.1) is 5.41 Å². The van der Waals surface area contributed by atoms with Crippen molar-refractivity contribution in [3.8, 4) is 0 Å². The molecule has 1 aliphatic carbocycles. The molecule has 1 fully saturated rings. The first kappa shape index (κ1) is 16.0. The van der Waals surface area contributed by atoms with E-state index in [9.17, 15) is 0 Å². The minimum absolute atomic E-state index is 0.354. The average molecular weight is 267 g/mol. The lowest BCUT2D eigenvalue weighted by atomic mass is 9.83. The molecular formula is C15H29N3O. The van der Waals surface area contributed by atoms with Gasteiger partial charge in [0, 0.05) is 33.4 Å². The van der Waals surface area contributed by atoms with Gasteiger partial charge in [-0.1, -0.05) is 18.9 Å². The first-order valence-corrected chi connectivity index (χ1v) is 7.38. The highest BCUT2D eigenvalue weighted by atomic mass is 16.5. The number of hydrogen-bond donors (Lipinski definition) is 2. The third-order valence-electron chi connectivity index (χ3n) is 3.83. The predicted molar refractivity (Wildman–Crippen MR) is 81.6 cm³/mol. The summed E-state index contributed by atoms with van der Waals surface area (Å²) in [6.45, 7) is 9.17. The third-order valence-corrected chi connectivity index (χ3v) is 3.83. The minimum atomic E-state index is 0.354. The van der Waals surface area contributed by atoms with Crippen molar-refractivity contribution in [2.45, 2.75) is 39.0 Å². The first-order valence-electron chi connectivity index (χ1n) is 7.38. The number of ether oxygens (including phenoxy) is 1. The van der Waals surface area contributed by atoms with Crippen molar-refractivity contribution < 1.29 is 4.74 Å². The Morgan fingerprint density at radius 2 is 2.11 bits per heavy atom. The van der Waals surface area contributed by atoms with E-state index in [-0.39, 0.29) is 0 Å². The number of rotatable bonds is 8. The highest BCUT2D eigenvalue weighted by Crippen LogP contribution is 2.41. The van der Waals surface area contributed by atoms with E-state index in [0.717, 1.165) is 38.6 Å². The zero-order valence-corrected chi connectivity index (χ0v) is 12.5. The van der Waals surface area contributed by atoms with Gasteiger partial charge in [0.15, 0.2) is 5.96 Å². The molecule has 4 heteroatoms. The molecule has 0 atom stereocenters. The summed E-state index contributed by atoms with van der Waals surface area (Å²) >= 11 is 0. The Hall–Kier alpha value is -1.03. The van der Waals surface area contributed by atoms with Gasteiger partial charge >= 0.3 is 0 Å². The number of aliphatic imine (C=N–C) groups is 1. The molecule has 0 aromatic rings. The molecular weight excluding hydrogens is 238 g/mol. The van der Waals surface area contributed by atoms with Gasteiger partial charge in [0.2, 0.25) is 0 Å². The summed E-state index contributed by atoms with van der Waals surface area (Å²) in [5, 5.41) is 6.53. The summed E-state index contributed by atoms with van der Waals surface area (Å²) in [6.07, 6.45) is 8.18. The summed E-state index contributed by atoms with van der Waals surface area (Å²) in [4.78, 5) is 4.75. The number of nitrogens with one attached hydrogen (secondary N) is 2. The van der Waals surface area contributed by atoms with Crippen LogP contribution in [0.2, 0.25) is 0 Å². The Labute approximate surface area is 117 Å². The molecule has 0 aliphatic heterocycles. The summed E-state index contributed by atoms with van der Waals surface area (Å²) in [5.41, 5.74) is 0.354. The molecule has 19 heavy (non-hydrogen) atoms. The molecule has 1 aliphatic rings. The van der Waals surface area contributed by atoms with Gasteiger partial charge in [0.25, 0.3) is 0 Å². The Bertz CT molecular complexity index is 283. The Balaban J connectivity index is 2.57. The molecule has 0 amide bonds. The zero-order chi connectivity index (χ0) is 14.0. The predicted octanol–water partition coefficient (Wildman–Crippen LogP) is 2.32. The number of methoxy groups -OCH3 is 1. The number of hydrogen-bond acceptors (Lipinski definition) is 2. The molecule has 0 heterocycles. The molecule has 0 saturated heterocycles. The largest absolute Gasteiger partial charge is 0.385 e. The summed E-state index contributed by atoms with van der Waals surface area (Å²) in [6, 6.07) is 0. The van der Waals surface area contributed by atoms with Gasteiger partial charge < -0.3 is 15.4 Å². The van der Waals surface area contributed by atoms with Crippen LogP contribution in [0.3, 0.4) is 0 Å². The minimum Gasteiger partial charge on any atom is -0.385 e. The van der Waals surface area contributed by atoms with E-state index >= 15 is 0 Å². The summed E-state index contributed by atoms with van der Waals surface area (Å²) in [5.74, 6) is 0.895. The molecule has 110 valence electrons. The van der Waals surface area contributed by atoms with E-state index in [4.69, 9.17) is 9.73 Å². The van der Waals surface area contributed by atoms with Crippen molar-refractivity contribution in [1.29, 1.82) is 0 Å². The molecule has 1 saturated carbocycles. The molecule has 4 nitrogen and oxygen atoms in total. The smallest absolute Gasteiger partial charge is 0.191 e. The molecule has 1 rings (SSSR count). The maximum absolute atomic E-state index is 5.26. The quantitative estimate of drug-likeness (QED) is 0.403. The van der Waals surface area contributed by atoms with Gasteiger partial charge in [-0.3, -0.25) is 4.99 Å². The van der Waals surface area contributed by atoms with Gasteiger partial charge in [0.1, 0.15) is 0 Å². The highest BCUT2D eigenvalue weighted by Gasteiger charge is 2.33. The average Bonchev–Trinajstić information content (AvgIpc) is 2.89. The van der Waals surface area contributed by atoms with E-state index in [1.54, 1.807) is 7.11 Å². The fraction of sp³-hybridized carbons (Fsp3) is 0.800. The van der Waals surface area contributed by atoms with Crippen LogP contribution in [-0.2, 0) is 4.74 Å². The Kier molecular flexibility index (Phi) is 7.56. The fourth-order valence-electron chi connectivity index (χ4n) is 2.69. The van der Waals surface area contributed by atoms with Crippen molar-refractivity contribution in [2.75, 3.05) is 33.4 Å². The number of guanidine groups is 1. The van der Waals surface area contributed by atoms with Crippen LogP contribution in [-0.4, -0.2) is 39.3 Å². The number of nitrogens with zero attached hydrogens (tertiary/aromatic N) is 1. The van der Waals surface area contributed by atoms with E-state index in [2.05, 4.69) is 24.1 Å². The van der Waals surface area contributed by atoms with Crippen molar-refractivity contribution in [1.82, 2.24) is 10.6 Å². The van der Waals surface area contributed by atoms with E-state index in [0.29, 0.717) is 5.41 Å². The molecule has 0 radical (unpaired) electrons. The van der Waals surface area contributed by atoms with Crippen molar-refractivity contribution in [3.63, 3.8) is 0 Å². The summed E-state index contributed by atoms with van der Waals surface area (Å²) < 4.78 is 5.26. The second kappa shape index (κ2) is 8.97. The lowest BCUT2D eigenvalue weighted by Crippen LogP contribution is -2.38. The van der Waals surface area contributed by atoms with Crippen LogP contribution in [0.1, 0.15) is 39.0 Å². The van der Waals surface area contributed by atoms with Crippen LogP contribution < -0.4 is 10.6 Å². The van der Waals surface area contributed by atoms with Crippen molar-refractivity contribution in [2.24, 2.45) is 10.4 Å². The normalized spacial score (nSPS) is 18.3. The second-order valence-corrected chi connectivity index (χ2v) is 5.31. The van der Waals surface area contributed by atoms with E-state index in [1.807, 2.05) is 6.08 Å². The monoisotopic (exact) mass is 267 g/mol. The van der Waals surface area contributed by atoms with Crippen LogP contribution in [0.5, 0.6) is 0 Å². The molecule has 0 aromatic carbocycles. The van der Waals surface area contributed by atoms with Crippen LogP contribution in [0.25, 0.3) is 0 Å².